The Bertz CT molecular complexity index is 349. The molecule has 0 amide bonds. The summed E-state index contributed by atoms with van der Waals surface area (Å²) in [5.74, 6) is -0.781. The highest BCUT2D eigenvalue weighted by molar-refractivity contribution is 5.33. The van der Waals surface area contributed by atoms with Crippen LogP contribution in [0.4, 0.5) is 4.39 Å². The van der Waals surface area contributed by atoms with Gasteiger partial charge in [0.05, 0.1) is 6.61 Å². The predicted molar refractivity (Wildman–Crippen MR) is 58.8 cm³/mol. The lowest BCUT2D eigenvalue weighted by Gasteiger charge is -2.19. The molecule has 88 valence electrons. The number of phenols is 1. The molecule has 0 atom stereocenters. The first-order valence-electron chi connectivity index (χ1n) is 5.54. The van der Waals surface area contributed by atoms with Crippen molar-refractivity contribution in [3.63, 3.8) is 0 Å². The quantitative estimate of drug-likeness (QED) is 0.832. The molecule has 2 rings (SSSR count). The molecule has 0 spiro atoms. The van der Waals surface area contributed by atoms with E-state index in [-0.39, 0.29) is 5.75 Å². The van der Waals surface area contributed by atoms with Gasteiger partial charge in [0, 0.05) is 31.8 Å². The van der Waals surface area contributed by atoms with Crippen LogP contribution in [0.2, 0.25) is 0 Å². The van der Waals surface area contributed by atoms with Gasteiger partial charge in [-0.3, -0.25) is 4.90 Å². The summed E-state index contributed by atoms with van der Waals surface area (Å²) in [4.78, 5) is 2.17. The highest BCUT2D eigenvalue weighted by Crippen LogP contribution is 2.22. The normalized spacial score (nSPS) is 18.3. The van der Waals surface area contributed by atoms with E-state index in [0.29, 0.717) is 18.7 Å². The molecule has 16 heavy (non-hydrogen) atoms. The molecule has 1 aromatic rings. The minimum atomic E-state index is -0.552. The third kappa shape index (κ3) is 2.71. The largest absolute Gasteiger partial charge is 0.505 e. The lowest BCUT2D eigenvalue weighted by molar-refractivity contribution is 0.140. The van der Waals surface area contributed by atoms with Gasteiger partial charge in [-0.1, -0.05) is 12.1 Å². The molecule has 0 aliphatic carbocycles. The molecule has 1 fully saturated rings. The van der Waals surface area contributed by atoms with E-state index in [0.717, 1.165) is 26.1 Å². The molecular weight excluding hydrogens is 209 g/mol. The molecule has 0 saturated carbocycles. The van der Waals surface area contributed by atoms with E-state index in [2.05, 4.69) is 4.90 Å². The van der Waals surface area contributed by atoms with E-state index in [9.17, 15) is 9.50 Å². The molecule has 3 nitrogen and oxygen atoms in total. The summed E-state index contributed by atoms with van der Waals surface area (Å²) in [5.41, 5.74) is 0.641. The van der Waals surface area contributed by atoms with Crippen LogP contribution in [0.25, 0.3) is 0 Å². The summed E-state index contributed by atoms with van der Waals surface area (Å²) < 4.78 is 18.5. The predicted octanol–water partition coefficient (Wildman–Crippen LogP) is 1.75. The second-order valence-electron chi connectivity index (χ2n) is 3.99. The van der Waals surface area contributed by atoms with Crippen molar-refractivity contribution in [2.45, 2.75) is 13.0 Å². The smallest absolute Gasteiger partial charge is 0.165 e. The molecule has 1 saturated heterocycles. The first kappa shape index (κ1) is 11.4. The lowest BCUT2D eigenvalue weighted by Crippen LogP contribution is -2.25. The molecule has 0 unspecified atom stereocenters. The number of phenolic OH excluding ortho intramolecular Hbond substituents is 1. The zero-order valence-corrected chi connectivity index (χ0v) is 9.16. The van der Waals surface area contributed by atoms with Gasteiger partial charge in [0.25, 0.3) is 0 Å². The third-order valence-corrected chi connectivity index (χ3v) is 2.78. The molecule has 1 aliphatic rings. The number of ether oxygens (including phenoxy) is 1. The van der Waals surface area contributed by atoms with Crippen LogP contribution < -0.4 is 0 Å². The Kier molecular flexibility index (Phi) is 3.74. The number of para-hydroxylation sites is 1. The Hall–Kier alpha value is -1.13. The molecule has 4 heteroatoms. The van der Waals surface area contributed by atoms with Crippen LogP contribution in [0.15, 0.2) is 18.2 Å². The average Bonchev–Trinajstić information content (AvgIpc) is 2.53. The van der Waals surface area contributed by atoms with Gasteiger partial charge in [-0.25, -0.2) is 4.39 Å². The van der Waals surface area contributed by atoms with Crippen molar-refractivity contribution in [1.82, 2.24) is 4.90 Å². The van der Waals surface area contributed by atoms with Crippen LogP contribution >= 0.6 is 0 Å². The molecule has 1 heterocycles. The van der Waals surface area contributed by atoms with Crippen LogP contribution in [-0.2, 0) is 11.3 Å². The van der Waals surface area contributed by atoms with E-state index in [1.54, 1.807) is 12.1 Å². The zero-order valence-electron chi connectivity index (χ0n) is 9.16. The summed E-state index contributed by atoms with van der Waals surface area (Å²) in [5, 5.41) is 9.57. The summed E-state index contributed by atoms with van der Waals surface area (Å²) in [6.07, 6.45) is 0.982. The number of hydrogen-bond acceptors (Lipinski definition) is 3. The summed E-state index contributed by atoms with van der Waals surface area (Å²) >= 11 is 0. The number of benzene rings is 1. The van der Waals surface area contributed by atoms with Crippen LogP contribution in [0.1, 0.15) is 12.0 Å². The van der Waals surface area contributed by atoms with Gasteiger partial charge in [-0.05, 0) is 12.5 Å². The van der Waals surface area contributed by atoms with E-state index in [4.69, 9.17) is 4.74 Å². The highest BCUT2D eigenvalue weighted by atomic mass is 19.1. The Labute approximate surface area is 94.4 Å². The SMILES string of the molecule is Oc1c(F)cccc1CN1CCCOCC1. The number of aromatic hydroxyl groups is 1. The highest BCUT2D eigenvalue weighted by Gasteiger charge is 2.13. The second kappa shape index (κ2) is 5.27. The molecule has 0 bridgehead atoms. The van der Waals surface area contributed by atoms with E-state index < -0.39 is 5.82 Å². The monoisotopic (exact) mass is 225 g/mol. The van der Waals surface area contributed by atoms with Crippen molar-refractivity contribution in [3.8, 4) is 5.75 Å². The van der Waals surface area contributed by atoms with Crippen LogP contribution in [0.5, 0.6) is 5.75 Å². The second-order valence-corrected chi connectivity index (χ2v) is 3.99. The molecule has 1 aliphatic heterocycles. The average molecular weight is 225 g/mol. The number of halogens is 1. The maximum atomic E-state index is 13.1. The maximum Gasteiger partial charge on any atom is 0.165 e. The summed E-state index contributed by atoms with van der Waals surface area (Å²) in [6.45, 7) is 3.82. The Balaban J connectivity index is 2.04. The Morgan fingerprint density at radius 3 is 3.06 bits per heavy atom. The molecule has 0 aromatic heterocycles. The fourth-order valence-electron chi connectivity index (χ4n) is 1.88. The number of nitrogens with zero attached hydrogens (tertiary/aromatic N) is 1. The van der Waals surface area contributed by atoms with Crippen molar-refractivity contribution in [2.75, 3.05) is 26.3 Å². The molecule has 1 N–H and O–H groups in total. The van der Waals surface area contributed by atoms with Gasteiger partial charge in [-0.2, -0.15) is 0 Å². The Morgan fingerprint density at radius 1 is 1.31 bits per heavy atom. The van der Waals surface area contributed by atoms with Gasteiger partial charge in [0.2, 0.25) is 0 Å². The van der Waals surface area contributed by atoms with Gasteiger partial charge < -0.3 is 9.84 Å². The van der Waals surface area contributed by atoms with E-state index in [1.807, 2.05) is 0 Å². The number of hydrogen-bond donors (Lipinski definition) is 1. The standard InChI is InChI=1S/C12H16FNO2/c13-11-4-1-3-10(12(11)15)9-14-5-2-7-16-8-6-14/h1,3-4,15H,2,5-9H2. The van der Waals surface area contributed by atoms with Gasteiger partial charge in [-0.15, -0.1) is 0 Å². The minimum Gasteiger partial charge on any atom is -0.505 e. The van der Waals surface area contributed by atoms with Gasteiger partial charge in [0.15, 0.2) is 11.6 Å². The van der Waals surface area contributed by atoms with Crippen LogP contribution in [0.3, 0.4) is 0 Å². The zero-order chi connectivity index (χ0) is 11.4. The molecular formula is C12H16FNO2. The van der Waals surface area contributed by atoms with Crippen LogP contribution in [-0.4, -0.2) is 36.3 Å². The Morgan fingerprint density at radius 2 is 2.19 bits per heavy atom. The van der Waals surface area contributed by atoms with Gasteiger partial charge in [0.1, 0.15) is 0 Å². The van der Waals surface area contributed by atoms with E-state index >= 15 is 0 Å². The lowest BCUT2D eigenvalue weighted by atomic mass is 10.1. The van der Waals surface area contributed by atoms with Gasteiger partial charge >= 0.3 is 0 Å². The van der Waals surface area contributed by atoms with Crippen molar-refractivity contribution in [2.24, 2.45) is 0 Å². The van der Waals surface area contributed by atoms with Crippen molar-refractivity contribution >= 4 is 0 Å². The van der Waals surface area contributed by atoms with Crippen molar-refractivity contribution in [3.05, 3.63) is 29.6 Å². The third-order valence-electron chi connectivity index (χ3n) is 2.78. The first-order chi connectivity index (χ1) is 7.77. The first-order valence-corrected chi connectivity index (χ1v) is 5.54. The minimum absolute atomic E-state index is 0.229. The topological polar surface area (TPSA) is 32.7 Å². The summed E-state index contributed by atoms with van der Waals surface area (Å²) in [6, 6.07) is 4.65. The van der Waals surface area contributed by atoms with E-state index in [1.165, 1.54) is 6.07 Å². The van der Waals surface area contributed by atoms with Crippen molar-refractivity contribution in [1.29, 1.82) is 0 Å². The molecule has 0 radical (unpaired) electrons. The van der Waals surface area contributed by atoms with Crippen molar-refractivity contribution < 1.29 is 14.2 Å². The fourth-order valence-corrected chi connectivity index (χ4v) is 1.88. The van der Waals surface area contributed by atoms with Crippen LogP contribution in [0, 0.1) is 5.82 Å². The molecule has 1 aromatic carbocycles. The maximum absolute atomic E-state index is 13.1. The fraction of sp³-hybridized carbons (Fsp3) is 0.500. The summed E-state index contributed by atoms with van der Waals surface area (Å²) in [7, 11) is 0. The number of rotatable bonds is 2.